The number of aromatic carboxylic acids is 1. The first kappa shape index (κ1) is 26.4. The van der Waals surface area contributed by atoms with E-state index >= 15 is 0 Å². The first-order valence-electron chi connectivity index (χ1n) is 11.4. The van der Waals surface area contributed by atoms with Crippen LogP contribution >= 0.6 is 0 Å². The van der Waals surface area contributed by atoms with E-state index in [9.17, 15) is 9.90 Å². The number of pyridine rings is 2. The summed E-state index contributed by atoms with van der Waals surface area (Å²) < 4.78 is 14.1. The molecular formula is C27H21LiN6O4. The quantitative estimate of drug-likeness (QED) is 0.281. The monoisotopic (exact) mass is 500 g/mol. The van der Waals surface area contributed by atoms with Crippen molar-refractivity contribution in [2.45, 2.75) is 13.2 Å². The summed E-state index contributed by atoms with van der Waals surface area (Å²) in [6.45, 7) is 0.822. The average molecular weight is 500 g/mol. The van der Waals surface area contributed by atoms with Gasteiger partial charge in [0, 0.05) is 0 Å². The number of hydrogen-bond donors (Lipinski definition) is 0. The topological polar surface area (TPSA) is 119 Å². The number of nitrogens with zero attached hydrogens (tertiary/aromatic N) is 6. The second-order valence-corrected chi connectivity index (χ2v) is 7.92. The number of rotatable bonds is 7. The van der Waals surface area contributed by atoms with Crippen molar-refractivity contribution in [2.75, 3.05) is 0 Å². The van der Waals surface area contributed by atoms with Crippen LogP contribution in [0.4, 0.5) is 0 Å². The van der Waals surface area contributed by atoms with Crippen LogP contribution in [0.5, 0.6) is 11.5 Å². The van der Waals surface area contributed by atoms with Gasteiger partial charge in [-0.25, -0.2) is 9.03 Å². The van der Waals surface area contributed by atoms with E-state index in [1.807, 2.05) is 79.0 Å². The Morgan fingerprint density at radius 1 is 0.737 bits per heavy atom. The van der Waals surface area contributed by atoms with Gasteiger partial charge in [0.05, 0.1) is 35.6 Å². The number of carboxylic acids is 1. The number of benzene rings is 2. The fourth-order valence-corrected chi connectivity index (χ4v) is 3.54. The molecule has 0 atom stereocenters. The van der Waals surface area contributed by atoms with Crippen LogP contribution in [-0.2, 0) is 13.2 Å². The maximum atomic E-state index is 11.3. The van der Waals surface area contributed by atoms with Gasteiger partial charge in [-0.2, -0.15) is 0 Å². The molecule has 0 unspecified atom stereocenters. The van der Waals surface area contributed by atoms with Crippen LogP contribution in [0, 0.1) is 0 Å². The molecule has 11 heteroatoms. The molecule has 0 radical (unpaired) electrons. The largest absolute Gasteiger partial charge is 1.00 e. The van der Waals surface area contributed by atoms with Crippen molar-refractivity contribution in [3.63, 3.8) is 0 Å². The van der Waals surface area contributed by atoms with Gasteiger partial charge in [-0.15, -0.1) is 10.2 Å². The molecule has 4 heterocycles. The third kappa shape index (κ3) is 6.37. The Bertz CT molecular complexity index is 1620. The minimum Gasteiger partial charge on any atom is -0.543 e. The number of carbonyl (C=O) groups excluding carboxylic acids is 1. The average Bonchev–Trinajstić information content (AvgIpc) is 3.61. The SMILES string of the molecule is O=C([O-])c1c(OCc2ccccc2)ccc2cnnn12.[Li+].c1ccc(COc2ccc3cnnn3c2)cc1. The zero-order valence-corrected chi connectivity index (χ0v) is 20.5. The van der Waals surface area contributed by atoms with Gasteiger partial charge in [0.1, 0.15) is 30.4 Å². The summed E-state index contributed by atoms with van der Waals surface area (Å²) in [7, 11) is 0. The third-order valence-corrected chi connectivity index (χ3v) is 5.38. The van der Waals surface area contributed by atoms with Gasteiger partial charge < -0.3 is 19.4 Å². The summed E-state index contributed by atoms with van der Waals surface area (Å²) in [6, 6.07) is 26.6. The predicted octanol–water partition coefficient (Wildman–Crippen LogP) is -0.0159. The van der Waals surface area contributed by atoms with Gasteiger partial charge in [0.15, 0.2) is 0 Å². The molecule has 0 N–H and O–H groups in total. The molecule has 0 spiro atoms. The Labute approximate surface area is 229 Å². The molecule has 2 aromatic carbocycles. The van der Waals surface area contributed by atoms with Crippen LogP contribution in [0.15, 0.2) is 104 Å². The fourth-order valence-electron chi connectivity index (χ4n) is 3.54. The summed E-state index contributed by atoms with van der Waals surface area (Å²) in [4.78, 5) is 11.3. The Kier molecular flexibility index (Phi) is 8.72. The molecule has 0 bridgehead atoms. The van der Waals surface area contributed by atoms with Crippen LogP contribution in [0.3, 0.4) is 0 Å². The number of aromatic nitrogens is 6. The number of hydrogen-bond acceptors (Lipinski definition) is 8. The van der Waals surface area contributed by atoms with Crippen LogP contribution in [-0.4, -0.2) is 35.6 Å². The molecule has 38 heavy (non-hydrogen) atoms. The summed E-state index contributed by atoms with van der Waals surface area (Å²) in [5.41, 5.74) is 3.46. The summed E-state index contributed by atoms with van der Waals surface area (Å²) in [5, 5.41) is 26.4. The van der Waals surface area contributed by atoms with E-state index in [-0.39, 0.29) is 36.9 Å². The van der Waals surface area contributed by atoms with Gasteiger partial charge in [0.25, 0.3) is 0 Å². The molecule has 6 aromatic rings. The maximum absolute atomic E-state index is 11.3. The molecule has 0 aliphatic heterocycles. The first-order valence-corrected chi connectivity index (χ1v) is 11.4. The van der Waals surface area contributed by atoms with E-state index in [0.717, 1.165) is 22.4 Å². The Morgan fingerprint density at radius 2 is 1.34 bits per heavy atom. The van der Waals surface area contributed by atoms with Crippen LogP contribution in [0.25, 0.3) is 11.0 Å². The van der Waals surface area contributed by atoms with E-state index in [1.54, 1.807) is 22.8 Å². The summed E-state index contributed by atoms with van der Waals surface area (Å²) >= 11 is 0. The smallest absolute Gasteiger partial charge is 0.543 e. The van der Waals surface area contributed by atoms with Crippen molar-refractivity contribution in [3.05, 3.63) is 120 Å². The zero-order chi connectivity index (χ0) is 25.5. The van der Waals surface area contributed by atoms with Gasteiger partial charge in [0.2, 0.25) is 0 Å². The van der Waals surface area contributed by atoms with E-state index in [1.165, 1.54) is 10.7 Å². The molecule has 0 saturated carbocycles. The summed E-state index contributed by atoms with van der Waals surface area (Å²) in [6.07, 6.45) is 5.00. The minimum atomic E-state index is -1.36. The van der Waals surface area contributed by atoms with Crippen molar-refractivity contribution in [1.82, 2.24) is 29.7 Å². The molecule has 0 aliphatic rings. The zero-order valence-electron chi connectivity index (χ0n) is 20.5. The van der Waals surface area contributed by atoms with E-state index < -0.39 is 5.97 Å². The van der Waals surface area contributed by atoms with E-state index in [4.69, 9.17) is 9.47 Å². The fraction of sp³-hybridized carbons (Fsp3) is 0.0741. The van der Waals surface area contributed by atoms with Crippen LogP contribution in [0.2, 0.25) is 0 Å². The van der Waals surface area contributed by atoms with Gasteiger partial charge in [-0.05, 0) is 35.4 Å². The second-order valence-electron chi connectivity index (χ2n) is 7.92. The van der Waals surface area contributed by atoms with E-state index in [0.29, 0.717) is 12.1 Å². The summed E-state index contributed by atoms with van der Waals surface area (Å²) in [5.74, 6) is -0.372. The molecule has 0 amide bonds. The molecular weight excluding hydrogens is 479 g/mol. The standard InChI is InChI=1S/C14H11N3O3.C13H11N3O.Li/c18-14(19)13-12(7-6-11-8-15-16-17(11)13)20-9-10-4-2-1-3-5-10;1-2-4-11(5-3-1)10-17-13-7-6-12-8-14-15-16(12)9-13;/h1-8H,9H2,(H,18,19);1-9H,10H2;/q;;+1/p-1. The first-order chi connectivity index (χ1) is 18.2. The van der Waals surface area contributed by atoms with Crippen LogP contribution in [0.1, 0.15) is 21.6 Å². The Morgan fingerprint density at radius 3 is 2.03 bits per heavy atom. The van der Waals surface area contributed by atoms with Crippen molar-refractivity contribution in [2.24, 2.45) is 0 Å². The molecule has 0 aliphatic carbocycles. The van der Waals surface area contributed by atoms with Crippen molar-refractivity contribution in [3.8, 4) is 11.5 Å². The second kappa shape index (κ2) is 12.5. The molecule has 0 saturated heterocycles. The van der Waals surface area contributed by atoms with Crippen molar-refractivity contribution < 1.29 is 38.2 Å². The normalized spacial score (nSPS) is 10.3. The van der Waals surface area contributed by atoms with Crippen molar-refractivity contribution >= 4 is 17.0 Å². The maximum Gasteiger partial charge on any atom is 1.00 e. The van der Waals surface area contributed by atoms with Gasteiger partial charge in [-0.1, -0.05) is 71.1 Å². The van der Waals surface area contributed by atoms with Crippen molar-refractivity contribution in [1.29, 1.82) is 0 Å². The Hall–Kier alpha value is -4.65. The van der Waals surface area contributed by atoms with Crippen LogP contribution < -0.4 is 33.4 Å². The molecule has 10 nitrogen and oxygen atoms in total. The molecule has 4 aromatic heterocycles. The van der Waals surface area contributed by atoms with Gasteiger partial charge >= 0.3 is 18.9 Å². The van der Waals surface area contributed by atoms with E-state index in [2.05, 4.69) is 20.6 Å². The minimum absolute atomic E-state index is 0. The van der Waals surface area contributed by atoms with Gasteiger partial charge in [-0.3, -0.25) is 0 Å². The third-order valence-electron chi connectivity index (χ3n) is 5.38. The number of ether oxygens (including phenoxy) is 2. The number of carboxylic acid groups (broad SMARTS) is 1. The molecule has 184 valence electrons. The number of fused-ring (bicyclic) bond motifs is 2. The number of carbonyl (C=O) groups is 1. The Balaban J connectivity index is 0.000000174. The molecule has 6 rings (SSSR count). The predicted molar refractivity (Wildman–Crippen MR) is 132 cm³/mol. The molecule has 0 fully saturated rings.